The summed E-state index contributed by atoms with van der Waals surface area (Å²) < 4.78 is 6.30. The Labute approximate surface area is 117 Å². The summed E-state index contributed by atoms with van der Waals surface area (Å²) >= 11 is 3.31. The number of benzene rings is 1. The lowest BCUT2D eigenvalue weighted by molar-refractivity contribution is 0.122. The van der Waals surface area contributed by atoms with Crippen molar-refractivity contribution in [3.63, 3.8) is 0 Å². The standard InChI is InChI=1S/C14H20BrNO2/c15-13-4-1-3-12(14(13)17)9-16-7-2-8-18-10-11-5-6-11/h1,3-4,11,16-17H,2,5-10H2. The summed E-state index contributed by atoms with van der Waals surface area (Å²) in [5.74, 6) is 1.17. The average Bonchev–Trinajstić information content (AvgIpc) is 3.17. The molecule has 1 aromatic carbocycles. The smallest absolute Gasteiger partial charge is 0.134 e. The van der Waals surface area contributed by atoms with Crippen LogP contribution < -0.4 is 5.32 Å². The van der Waals surface area contributed by atoms with Crippen molar-refractivity contribution in [1.82, 2.24) is 5.32 Å². The van der Waals surface area contributed by atoms with Crippen molar-refractivity contribution in [3.8, 4) is 5.75 Å². The molecular weight excluding hydrogens is 294 g/mol. The van der Waals surface area contributed by atoms with E-state index in [-0.39, 0.29) is 0 Å². The zero-order valence-corrected chi connectivity index (χ0v) is 12.1. The molecule has 0 saturated heterocycles. The highest BCUT2D eigenvalue weighted by atomic mass is 79.9. The highest BCUT2D eigenvalue weighted by Gasteiger charge is 2.20. The summed E-state index contributed by atoms with van der Waals surface area (Å²) in [6, 6.07) is 5.70. The second-order valence-corrected chi connectivity index (χ2v) is 5.65. The molecule has 18 heavy (non-hydrogen) atoms. The van der Waals surface area contributed by atoms with Crippen LogP contribution in [-0.4, -0.2) is 24.9 Å². The second kappa shape index (κ2) is 7.12. The fourth-order valence-corrected chi connectivity index (χ4v) is 2.17. The third-order valence-corrected chi connectivity index (χ3v) is 3.72. The first-order chi connectivity index (χ1) is 8.77. The fraction of sp³-hybridized carbons (Fsp3) is 0.571. The van der Waals surface area contributed by atoms with E-state index < -0.39 is 0 Å². The maximum atomic E-state index is 9.79. The van der Waals surface area contributed by atoms with Gasteiger partial charge in [0.25, 0.3) is 0 Å². The Morgan fingerprint density at radius 3 is 3.00 bits per heavy atom. The normalized spacial score (nSPS) is 14.9. The Balaban J connectivity index is 1.55. The van der Waals surface area contributed by atoms with Crippen molar-refractivity contribution in [1.29, 1.82) is 0 Å². The van der Waals surface area contributed by atoms with E-state index in [1.54, 1.807) is 0 Å². The molecule has 1 aliphatic rings. The minimum Gasteiger partial charge on any atom is -0.506 e. The first-order valence-corrected chi connectivity index (χ1v) is 7.31. The van der Waals surface area contributed by atoms with E-state index in [0.717, 1.165) is 42.1 Å². The number of hydrogen-bond acceptors (Lipinski definition) is 3. The van der Waals surface area contributed by atoms with Gasteiger partial charge in [0, 0.05) is 25.3 Å². The average molecular weight is 314 g/mol. The predicted molar refractivity (Wildman–Crippen MR) is 75.7 cm³/mol. The number of aromatic hydroxyl groups is 1. The van der Waals surface area contributed by atoms with Gasteiger partial charge in [-0.15, -0.1) is 0 Å². The molecule has 1 saturated carbocycles. The quantitative estimate of drug-likeness (QED) is 0.725. The Morgan fingerprint density at radius 2 is 2.22 bits per heavy atom. The van der Waals surface area contributed by atoms with Crippen molar-refractivity contribution in [2.24, 2.45) is 5.92 Å². The van der Waals surface area contributed by atoms with Crippen LogP contribution in [0.3, 0.4) is 0 Å². The maximum Gasteiger partial charge on any atom is 0.134 e. The monoisotopic (exact) mass is 313 g/mol. The molecule has 0 spiro atoms. The number of ether oxygens (including phenoxy) is 1. The molecule has 3 nitrogen and oxygen atoms in total. The molecule has 2 N–H and O–H groups in total. The molecule has 0 heterocycles. The molecule has 1 aromatic rings. The van der Waals surface area contributed by atoms with Crippen LogP contribution in [-0.2, 0) is 11.3 Å². The molecule has 4 heteroatoms. The summed E-state index contributed by atoms with van der Waals surface area (Å²) in [5, 5.41) is 13.1. The number of rotatable bonds is 8. The van der Waals surface area contributed by atoms with Gasteiger partial charge in [0.1, 0.15) is 5.75 Å². The van der Waals surface area contributed by atoms with Gasteiger partial charge in [-0.2, -0.15) is 0 Å². The van der Waals surface area contributed by atoms with Gasteiger partial charge in [0.2, 0.25) is 0 Å². The first kappa shape index (κ1) is 13.8. The van der Waals surface area contributed by atoms with E-state index >= 15 is 0 Å². The first-order valence-electron chi connectivity index (χ1n) is 6.52. The lowest BCUT2D eigenvalue weighted by atomic mass is 10.2. The lowest BCUT2D eigenvalue weighted by Gasteiger charge is -2.08. The van der Waals surface area contributed by atoms with Gasteiger partial charge >= 0.3 is 0 Å². The molecule has 0 unspecified atom stereocenters. The summed E-state index contributed by atoms with van der Waals surface area (Å²) in [6.07, 6.45) is 3.71. The van der Waals surface area contributed by atoms with Crippen LogP contribution in [0, 0.1) is 5.92 Å². The van der Waals surface area contributed by atoms with Gasteiger partial charge in [-0.1, -0.05) is 12.1 Å². The van der Waals surface area contributed by atoms with Crippen molar-refractivity contribution in [2.45, 2.75) is 25.8 Å². The molecular formula is C14H20BrNO2. The van der Waals surface area contributed by atoms with E-state index in [9.17, 15) is 5.11 Å². The number of phenols is 1. The molecule has 0 aliphatic heterocycles. The van der Waals surface area contributed by atoms with E-state index in [0.29, 0.717) is 12.3 Å². The van der Waals surface area contributed by atoms with Crippen LogP contribution >= 0.6 is 15.9 Å². The van der Waals surface area contributed by atoms with Crippen LogP contribution in [0.15, 0.2) is 22.7 Å². The maximum absolute atomic E-state index is 9.79. The summed E-state index contributed by atoms with van der Waals surface area (Å²) in [4.78, 5) is 0. The molecule has 0 atom stereocenters. The Morgan fingerprint density at radius 1 is 1.39 bits per heavy atom. The summed E-state index contributed by atoms with van der Waals surface area (Å²) in [5.41, 5.74) is 0.920. The van der Waals surface area contributed by atoms with Gasteiger partial charge in [-0.25, -0.2) is 0 Å². The van der Waals surface area contributed by atoms with Crippen molar-refractivity contribution in [3.05, 3.63) is 28.2 Å². The topological polar surface area (TPSA) is 41.5 Å². The Kier molecular flexibility index (Phi) is 5.47. The fourth-order valence-electron chi connectivity index (χ4n) is 1.76. The zero-order chi connectivity index (χ0) is 12.8. The van der Waals surface area contributed by atoms with Gasteiger partial charge in [0.05, 0.1) is 4.47 Å². The number of halogens is 1. The van der Waals surface area contributed by atoms with E-state index in [4.69, 9.17) is 4.74 Å². The van der Waals surface area contributed by atoms with E-state index in [1.165, 1.54) is 12.8 Å². The van der Waals surface area contributed by atoms with Gasteiger partial charge < -0.3 is 15.2 Å². The van der Waals surface area contributed by atoms with Gasteiger partial charge in [-0.3, -0.25) is 0 Å². The molecule has 0 bridgehead atoms. The molecule has 1 fully saturated rings. The van der Waals surface area contributed by atoms with Crippen molar-refractivity contribution < 1.29 is 9.84 Å². The Bertz CT molecular complexity index is 380. The highest BCUT2D eigenvalue weighted by Crippen LogP contribution is 2.28. The molecule has 1 aliphatic carbocycles. The van der Waals surface area contributed by atoms with Crippen LogP contribution in [0.25, 0.3) is 0 Å². The molecule has 2 rings (SSSR count). The number of hydrogen-bond donors (Lipinski definition) is 2. The van der Waals surface area contributed by atoms with Crippen LogP contribution in [0.1, 0.15) is 24.8 Å². The van der Waals surface area contributed by atoms with Gasteiger partial charge in [0.15, 0.2) is 0 Å². The minimum absolute atomic E-state index is 0.329. The number of nitrogens with one attached hydrogen (secondary N) is 1. The largest absolute Gasteiger partial charge is 0.506 e. The lowest BCUT2D eigenvalue weighted by Crippen LogP contribution is -2.16. The van der Waals surface area contributed by atoms with Crippen molar-refractivity contribution in [2.75, 3.05) is 19.8 Å². The molecule has 0 amide bonds. The summed E-state index contributed by atoms with van der Waals surface area (Å²) in [6.45, 7) is 3.37. The predicted octanol–water partition coefficient (Wildman–Crippen LogP) is 3.06. The minimum atomic E-state index is 0.329. The molecule has 100 valence electrons. The SMILES string of the molecule is Oc1c(Br)cccc1CNCCCOCC1CC1. The zero-order valence-electron chi connectivity index (χ0n) is 10.5. The van der Waals surface area contributed by atoms with Crippen LogP contribution in [0.5, 0.6) is 5.75 Å². The Hall–Kier alpha value is -0.580. The number of phenolic OH excluding ortho intramolecular Hbond substituents is 1. The van der Waals surface area contributed by atoms with E-state index in [2.05, 4.69) is 21.2 Å². The summed E-state index contributed by atoms with van der Waals surface area (Å²) in [7, 11) is 0. The van der Waals surface area contributed by atoms with Crippen LogP contribution in [0.2, 0.25) is 0 Å². The number of para-hydroxylation sites is 1. The highest BCUT2D eigenvalue weighted by molar-refractivity contribution is 9.10. The second-order valence-electron chi connectivity index (χ2n) is 4.80. The van der Waals surface area contributed by atoms with E-state index in [1.807, 2.05) is 18.2 Å². The third kappa shape index (κ3) is 4.59. The van der Waals surface area contributed by atoms with Gasteiger partial charge in [-0.05, 0) is 53.7 Å². The van der Waals surface area contributed by atoms with Crippen LogP contribution in [0.4, 0.5) is 0 Å². The van der Waals surface area contributed by atoms with Crippen molar-refractivity contribution >= 4 is 15.9 Å². The molecule has 0 radical (unpaired) electrons. The molecule has 0 aromatic heterocycles. The third-order valence-electron chi connectivity index (χ3n) is 3.08.